The van der Waals surface area contributed by atoms with Gasteiger partial charge in [-0.05, 0) is 18.1 Å². The summed E-state index contributed by atoms with van der Waals surface area (Å²) in [6.45, 7) is 2.89. The van der Waals surface area contributed by atoms with Crippen molar-refractivity contribution < 1.29 is 5.11 Å². The molecule has 104 valence electrons. The molecular formula is C15H17N3OS. The predicted molar refractivity (Wildman–Crippen MR) is 82.3 cm³/mol. The first kappa shape index (κ1) is 13.1. The molecule has 0 saturated carbocycles. The van der Waals surface area contributed by atoms with Crippen LogP contribution in [-0.2, 0) is 13.2 Å². The number of aryl methyl sites for hydroxylation is 1. The molecule has 0 aliphatic carbocycles. The first-order valence-electron chi connectivity index (χ1n) is 6.51. The van der Waals surface area contributed by atoms with Gasteiger partial charge in [-0.25, -0.2) is 4.98 Å². The molecule has 4 nitrogen and oxygen atoms in total. The summed E-state index contributed by atoms with van der Waals surface area (Å²) in [6, 6.07) is 8.34. The topological polar surface area (TPSA) is 40.8 Å². The maximum Gasteiger partial charge on any atom is 0.195 e. The summed E-state index contributed by atoms with van der Waals surface area (Å²) in [5.74, 6) is 0.850. The van der Waals surface area contributed by atoms with Crippen LogP contribution in [0.3, 0.4) is 0 Å². The van der Waals surface area contributed by atoms with Crippen molar-refractivity contribution in [2.75, 3.05) is 11.9 Å². The van der Waals surface area contributed by atoms with Crippen LogP contribution in [0.15, 0.2) is 35.8 Å². The fourth-order valence-electron chi connectivity index (χ4n) is 2.39. The van der Waals surface area contributed by atoms with Crippen LogP contribution in [0.1, 0.15) is 16.8 Å². The van der Waals surface area contributed by atoms with E-state index in [2.05, 4.69) is 35.0 Å². The van der Waals surface area contributed by atoms with Crippen LogP contribution in [0.25, 0.3) is 4.96 Å². The number of aliphatic hydroxyl groups excluding tert-OH is 1. The number of imidazole rings is 1. The van der Waals surface area contributed by atoms with Gasteiger partial charge in [0.15, 0.2) is 10.8 Å². The van der Waals surface area contributed by atoms with Gasteiger partial charge in [0.05, 0.1) is 12.3 Å². The van der Waals surface area contributed by atoms with Gasteiger partial charge < -0.3 is 10.0 Å². The Bertz CT molecular complexity index is 732. The van der Waals surface area contributed by atoms with Crippen molar-refractivity contribution in [2.24, 2.45) is 0 Å². The van der Waals surface area contributed by atoms with Crippen LogP contribution < -0.4 is 4.90 Å². The van der Waals surface area contributed by atoms with Gasteiger partial charge in [-0.1, -0.05) is 24.3 Å². The van der Waals surface area contributed by atoms with E-state index in [0.29, 0.717) is 0 Å². The molecule has 0 fully saturated rings. The highest BCUT2D eigenvalue weighted by molar-refractivity contribution is 7.15. The quantitative estimate of drug-likeness (QED) is 0.802. The standard InChI is InChI=1S/C15H17N3OS/c1-11-5-3-4-6-12(11)9-17(2)14-13(10-19)18-7-8-20-15(18)16-14/h3-8,19H,9-10H2,1-2H3. The fourth-order valence-corrected chi connectivity index (χ4v) is 3.12. The molecule has 0 spiro atoms. The average Bonchev–Trinajstić information content (AvgIpc) is 3.01. The summed E-state index contributed by atoms with van der Waals surface area (Å²) in [6.07, 6.45) is 1.95. The third-order valence-corrected chi connectivity index (χ3v) is 4.28. The molecule has 0 atom stereocenters. The number of benzene rings is 1. The number of nitrogens with zero attached hydrogens (tertiary/aromatic N) is 3. The number of thiazole rings is 1. The van der Waals surface area contributed by atoms with Crippen molar-refractivity contribution >= 4 is 22.1 Å². The first-order chi connectivity index (χ1) is 9.70. The summed E-state index contributed by atoms with van der Waals surface area (Å²) in [4.78, 5) is 7.62. The van der Waals surface area contributed by atoms with E-state index < -0.39 is 0 Å². The number of aliphatic hydroxyl groups is 1. The van der Waals surface area contributed by atoms with E-state index in [9.17, 15) is 5.11 Å². The minimum atomic E-state index is -0.00859. The van der Waals surface area contributed by atoms with Crippen LogP contribution in [-0.4, -0.2) is 21.5 Å². The molecular weight excluding hydrogens is 270 g/mol. The number of fused-ring (bicyclic) bond motifs is 1. The Labute approximate surface area is 121 Å². The number of rotatable bonds is 4. The minimum absolute atomic E-state index is 0.00859. The lowest BCUT2D eigenvalue weighted by Gasteiger charge is -2.19. The van der Waals surface area contributed by atoms with Gasteiger partial charge in [0.25, 0.3) is 0 Å². The lowest BCUT2D eigenvalue weighted by molar-refractivity contribution is 0.276. The zero-order valence-electron chi connectivity index (χ0n) is 11.6. The Hall–Kier alpha value is -1.85. The Kier molecular flexibility index (Phi) is 3.46. The van der Waals surface area contributed by atoms with Gasteiger partial charge in [0.1, 0.15) is 0 Å². The molecule has 0 radical (unpaired) electrons. The van der Waals surface area contributed by atoms with Gasteiger partial charge in [-0.3, -0.25) is 4.40 Å². The Morgan fingerprint density at radius 3 is 2.90 bits per heavy atom. The summed E-state index contributed by atoms with van der Waals surface area (Å²) in [5.41, 5.74) is 3.39. The largest absolute Gasteiger partial charge is 0.390 e. The molecule has 3 rings (SSSR count). The Balaban J connectivity index is 1.94. The minimum Gasteiger partial charge on any atom is -0.390 e. The van der Waals surface area contributed by atoms with Crippen molar-refractivity contribution in [3.05, 3.63) is 52.7 Å². The molecule has 3 aromatic rings. The normalized spacial score (nSPS) is 11.2. The van der Waals surface area contributed by atoms with Crippen molar-refractivity contribution in [3.63, 3.8) is 0 Å². The number of hydrogen-bond acceptors (Lipinski definition) is 4. The maximum absolute atomic E-state index is 9.61. The molecule has 2 aromatic heterocycles. The smallest absolute Gasteiger partial charge is 0.195 e. The van der Waals surface area contributed by atoms with Crippen LogP contribution in [0.2, 0.25) is 0 Å². The van der Waals surface area contributed by atoms with Gasteiger partial charge in [0, 0.05) is 25.2 Å². The van der Waals surface area contributed by atoms with Crippen LogP contribution in [0.4, 0.5) is 5.82 Å². The summed E-state index contributed by atoms with van der Waals surface area (Å²) >= 11 is 1.58. The van der Waals surface area contributed by atoms with Crippen LogP contribution in [0, 0.1) is 6.92 Å². The van der Waals surface area contributed by atoms with E-state index in [1.54, 1.807) is 11.3 Å². The Morgan fingerprint density at radius 2 is 2.15 bits per heavy atom. The lowest BCUT2D eigenvalue weighted by Crippen LogP contribution is -2.19. The van der Waals surface area contributed by atoms with E-state index in [1.165, 1.54) is 11.1 Å². The molecule has 1 aromatic carbocycles. The molecule has 1 N–H and O–H groups in total. The van der Waals surface area contributed by atoms with E-state index in [0.717, 1.165) is 23.0 Å². The van der Waals surface area contributed by atoms with E-state index in [4.69, 9.17) is 0 Å². The average molecular weight is 287 g/mol. The lowest BCUT2D eigenvalue weighted by atomic mass is 10.1. The highest BCUT2D eigenvalue weighted by atomic mass is 32.1. The molecule has 20 heavy (non-hydrogen) atoms. The van der Waals surface area contributed by atoms with Gasteiger partial charge in [0.2, 0.25) is 0 Å². The van der Waals surface area contributed by atoms with E-state index in [1.807, 2.05) is 29.1 Å². The zero-order valence-corrected chi connectivity index (χ0v) is 12.4. The fraction of sp³-hybridized carbons (Fsp3) is 0.267. The third kappa shape index (κ3) is 2.19. The monoisotopic (exact) mass is 287 g/mol. The van der Waals surface area contributed by atoms with Crippen LogP contribution in [0.5, 0.6) is 0 Å². The Morgan fingerprint density at radius 1 is 1.35 bits per heavy atom. The van der Waals surface area contributed by atoms with Gasteiger partial charge >= 0.3 is 0 Å². The van der Waals surface area contributed by atoms with Crippen LogP contribution >= 0.6 is 11.3 Å². The molecule has 5 heteroatoms. The number of hydrogen-bond donors (Lipinski definition) is 1. The second-order valence-electron chi connectivity index (χ2n) is 4.88. The molecule has 0 bridgehead atoms. The molecule has 0 unspecified atom stereocenters. The highest BCUT2D eigenvalue weighted by Crippen LogP contribution is 2.25. The van der Waals surface area contributed by atoms with E-state index >= 15 is 0 Å². The second kappa shape index (κ2) is 5.26. The third-order valence-electron chi connectivity index (χ3n) is 3.52. The molecule has 0 aliphatic heterocycles. The highest BCUT2D eigenvalue weighted by Gasteiger charge is 2.16. The molecule has 0 amide bonds. The van der Waals surface area contributed by atoms with Crippen molar-refractivity contribution in [1.29, 1.82) is 0 Å². The molecule has 0 aliphatic rings. The van der Waals surface area contributed by atoms with Gasteiger partial charge in [-0.2, -0.15) is 0 Å². The first-order valence-corrected chi connectivity index (χ1v) is 7.39. The molecule has 2 heterocycles. The number of aromatic nitrogens is 2. The number of anilines is 1. The van der Waals surface area contributed by atoms with Crippen molar-refractivity contribution in [1.82, 2.24) is 9.38 Å². The summed E-state index contributed by atoms with van der Waals surface area (Å²) < 4.78 is 1.95. The van der Waals surface area contributed by atoms with Crippen molar-refractivity contribution in [3.8, 4) is 0 Å². The van der Waals surface area contributed by atoms with Gasteiger partial charge in [-0.15, -0.1) is 11.3 Å². The second-order valence-corrected chi connectivity index (χ2v) is 5.75. The zero-order chi connectivity index (χ0) is 14.1. The maximum atomic E-state index is 9.61. The SMILES string of the molecule is Cc1ccccc1CN(C)c1nc2sccn2c1CO. The van der Waals surface area contributed by atoms with Crippen molar-refractivity contribution in [2.45, 2.75) is 20.1 Å². The summed E-state index contributed by atoms with van der Waals surface area (Å²) in [7, 11) is 2.01. The molecule has 0 saturated heterocycles. The summed E-state index contributed by atoms with van der Waals surface area (Å²) in [5, 5.41) is 11.6. The van der Waals surface area contributed by atoms with E-state index in [-0.39, 0.29) is 6.61 Å². The predicted octanol–water partition coefficient (Wildman–Crippen LogP) is 2.83.